The summed E-state index contributed by atoms with van der Waals surface area (Å²) < 4.78 is 5.59. The molecule has 0 radical (unpaired) electrons. The quantitative estimate of drug-likeness (QED) is 0.804. The number of hydrogen-bond acceptors (Lipinski definition) is 4. The highest BCUT2D eigenvalue weighted by molar-refractivity contribution is 9.10. The first-order chi connectivity index (χ1) is 7.97. The maximum Gasteiger partial charge on any atom is 0.332 e. The molecule has 0 aromatic carbocycles. The van der Waals surface area contributed by atoms with Gasteiger partial charge >= 0.3 is 5.97 Å². The van der Waals surface area contributed by atoms with Crippen molar-refractivity contribution in [2.75, 3.05) is 6.61 Å². The summed E-state index contributed by atoms with van der Waals surface area (Å²) in [5.74, 6) is -0.582. The molecule has 1 unspecified atom stereocenters. The van der Waals surface area contributed by atoms with Crippen molar-refractivity contribution < 1.29 is 9.53 Å². The van der Waals surface area contributed by atoms with Crippen molar-refractivity contribution in [1.82, 2.24) is 4.98 Å². The van der Waals surface area contributed by atoms with Gasteiger partial charge in [0.05, 0.1) is 18.4 Å². The van der Waals surface area contributed by atoms with Crippen molar-refractivity contribution in [1.29, 1.82) is 5.26 Å². The Morgan fingerprint density at radius 2 is 2.35 bits per heavy atom. The molecular weight excluding hydrogens is 284 g/mol. The van der Waals surface area contributed by atoms with Gasteiger partial charge in [-0.3, -0.25) is 4.98 Å². The van der Waals surface area contributed by atoms with Gasteiger partial charge in [0, 0.05) is 10.7 Å². The predicted molar refractivity (Wildman–Crippen MR) is 66.3 cm³/mol. The number of esters is 1. The highest BCUT2D eigenvalue weighted by Gasteiger charge is 2.40. The molecule has 1 heterocycles. The zero-order chi connectivity index (χ0) is 13.1. The summed E-state index contributed by atoms with van der Waals surface area (Å²) in [5, 5.41) is 9.24. The van der Waals surface area contributed by atoms with Crippen LogP contribution in [0.25, 0.3) is 0 Å². The van der Waals surface area contributed by atoms with Crippen LogP contribution < -0.4 is 0 Å². The molecule has 1 rings (SSSR count). The summed E-state index contributed by atoms with van der Waals surface area (Å²) in [6.07, 6.45) is 1.57. The van der Waals surface area contributed by atoms with Crippen LogP contribution in [0.4, 0.5) is 0 Å². The molecule has 1 atom stereocenters. The second-order valence-corrected chi connectivity index (χ2v) is 4.54. The van der Waals surface area contributed by atoms with Crippen molar-refractivity contribution >= 4 is 21.9 Å². The molecule has 0 spiro atoms. The molecule has 0 fully saturated rings. The Morgan fingerprint density at radius 3 is 2.88 bits per heavy atom. The van der Waals surface area contributed by atoms with Crippen LogP contribution in [0, 0.1) is 18.3 Å². The summed E-state index contributed by atoms with van der Waals surface area (Å²) in [7, 11) is 0. The Kier molecular flexibility index (Phi) is 4.24. The van der Waals surface area contributed by atoms with E-state index in [1.807, 2.05) is 13.0 Å². The summed E-state index contributed by atoms with van der Waals surface area (Å²) in [6, 6.07) is 3.78. The van der Waals surface area contributed by atoms with Gasteiger partial charge in [-0.15, -0.1) is 0 Å². The third kappa shape index (κ3) is 2.47. The van der Waals surface area contributed by atoms with Gasteiger partial charge in [0.1, 0.15) is 0 Å². The van der Waals surface area contributed by atoms with Crippen molar-refractivity contribution in [3.8, 4) is 6.07 Å². The fraction of sp³-hybridized carbons (Fsp3) is 0.417. The number of hydrogen-bond donors (Lipinski definition) is 0. The van der Waals surface area contributed by atoms with E-state index in [2.05, 4.69) is 20.9 Å². The molecule has 4 nitrogen and oxygen atoms in total. The molecule has 90 valence electrons. The average Bonchev–Trinajstić information content (AvgIpc) is 2.32. The highest BCUT2D eigenvalue weighted by atomic mass is 79.9. The first kappa shape index (κ1) is 13.7. The lowest BCUT2D eigenvalue weighted by molar-refractivity contribution is -0.147. The molecule has 0 aliphatic carbocycles. The Hall–Kier alpha value is -1.41. The summed E-state index contributed by atoms with van der Waals surface area (Å²) >= 11 is 3.35. The monoisotopic (exact) mass is 296 g/mol. The third-order valence-electron chi connectivity index (χ3n) is 2.46. The van der Waals surface area contributed by atoms with Gasteiger partial charge in [-0.2, -0.15) is 5.26 Å². The Morgan fingerprint density at radius 1 is 1.71 bits per heavy atom. The largest absolute Gasteiger partial charge is 0.465 e. The number of pyridine rings is 1. The second kappa shape index (κ2) is 5.28. The fourth-order valence-corrected chi connectivity index (χ4v) is 1.99. The average molecular weight is 297 g/mol. The molecule has 1 aromatic heterocycles. The number of nitrogens with zero attached hydrogens (tertiary/aromatic N) is 2. The van der Waals surface area contributed by atoms with Gasteiger partial charge in [0.15, 0.2) is 5.41 Å². The summed E-state index contributed by atoms with van der Waals surface area (Å²) in [5.41, 5.74) is -0.0832. The van der Waals surface area contributed by atoms with Crippen molar-refractivity contribution in [2.24, 2.45) is 0 Å². The van der Waals surface area contributed by atoms with E-state index in [9.17, 15) is 10.1 Å². The van der Waals surface area contributed by atoms with Crippen LogP contribution in [0.1, 0.15) is 25.1 Å². The normalized spacial score (nSPS) is 13.6. The molecule has 0 bridgehead atoms. The molecule has 0 saturated carbocycles. The molecule has 0 saturated heterocycles. The fourth-order valence-electron chi connectivity index (χ4n) is 1.36. The van der Waals surface area contributed by atoms with Gasteiger partial charge in [-0.1, -0.05) is 0 Å². The summed E-state index contributed by atoms with van der Waals surface area (Å²) in [6.45, 7) is 5.32. The van der Waals surface area contributed by atoms with E-state index < -0.39 is 11.4 Å². The third-order valence-corrected chi connectivity index (χ3v) is 3.46. The van der Waals surface area contributed by atoms with E-state index in [1.54, 1.807) is 19.2 Å². The van der Waals surface area contributed by atoms with Gasteiger partial charge in [-0.05, 0) is 48.3 Å². The number of ether oxygens (including phenoxy) is 1. The molecular formula is C12H13BrN2O2. The first-order valence-electron chi connectivity index (χ1n) is 5.17. The smallest absolute Gasteiger partial charge is 0.332 e. The van der Waals surface area contributed by atoms with Gasteiger partial charge < -0.3 is 4.74 Å². The number of aryl methyl sites for hydroxylation is 1. The van der Waals surface area contributed by atoms with Crippen LogP contribution >= 0.6 is 15.9 Å². The Balaban J connectivity index is 3.32. The van der Waals surface area contributed by atoms with Gasteiger partial charge in [0.25, 0.3) is 0 Å². The van der Waals surface area contributed by atoms with Crippen LogP contribution in [0.3, 0.4) is 0 Å². The Bertz CT molecular complexity index is 482. The number of carbonyl (C=O) groups excluding carboxylic acids is 1. The molecule has 17 heavy (non-hydrogen) atoms. The maximum absolute atomic E-state index is 11.9. The number of carbonyl (C=O) groups is 1. The van der Waals surface area contributed by atoms with Crippen LogP contribution in [-0.2, 0) is 14.9 Å². The Labute approximate surface area is 109 Å². The van der Waals surface area contributed by atoms with E-state index >= 15 is 0 Å². The molecule has 0 N–H and O–H groups in total. The van der Waals surface area contributed by atoms with E-state index in [1.165, 1.54) is 6.92 Å². The van der Waals surface area contributed by atoms with Crippen molar-refractivity contribution in [3.63, 3.8) is 0 Å². The van der Waals surface area contributed by atoms with Crippen molar-refractivity contribution in [3.05, 3.63) is 28.0 Å². The molecule has 0 amide bonds. The van der Waals surface area contributed by atoms with Crippen LogP contribution in [-0.4, -0.2) is 17.6 Å². The molecule has 0 aliphatic heterocycles. The lowest BCUT2D eigenvalue weighted by Crippen LogP contribution is -2.34. The number of halogens is 1. The minimum atomic E-state index is -1.39. The van der Waals surface area contributed by atoms with Crippen LogP contribution in [0.2, 0.25) is 0 Å². The highest BCUT2D eigenvalue weighted by Crippen LogP contribution is 2.31. The van der Waals surface area contributed by atoms with E-state index in [4.69, 9.17) is 4.74 Å². The zero-order valence-corrected chi connectivity index (χ0v) is 11.5. The standard InChI is InChI=1S/C12H13BrN2O2/c1-4-17-11(16)12(3,7-14)10-9(13)8(2)5-6-15-10/h5-6H,4H2,1-3H3. The number of aromatic nitrogens is 1. The lowest BCUT2D eigenvalue weighted by atomic mass is 9.87. The van der Waals surface area contributed by atoms with Gasteiger partial charge in [0.2, 0.25) is 0 Å². The van der Waals surface area contributed by atoms with Crippen LogP contribution in [0.5, 0.6) is 0 Å². The first-order valence-corrected chi connectivity index (χ1v) is 5.96. The SMILES string of the molecule is CCOC(=O)C(C)(C#N)c1nccc(C)c1Br. The molecule has 1 aromatic rings. The zero-order valence-electron chi connectivity index (χ0n) is 9.95. The number of rotatable bonds is 3. The van der Waals surface area contributed by atoms with Gasteiger partial charge in [-0.25, -0.2) is 4.79 Å². The molecule has 0 aliphatic rings. The van der Waals surface area contributed by atoms with Crippen LogP contribution in [0.15, 0.2) is 16.7 Å². The molecule has 5 heteroatoms. The minimum absolute atomic E-state index is 0.236. The van der Waals surface area contributed by atoms with E-state index in [-0.39, 0.29) is 6.61 Å². The second-order valence-electron chi connectivity index (χ2n) is 3.75. The van der Waals surface area contributed by atoms with Crippen molar-refractivity contribution in [2.45, 2.75) is 26.2 Å². The maximum atomic E-state index is 11.9. The summed E-state index contributed by atoms with van der Waals surface area (Å²) in [4.78, 5) is 16.0. The van der Waals surface area contributed by atoms with E-state index in [0.717, 1.165) is 5.56 Å². The number of nitriles is 1. The predicted octanol–water partition coefficient (Wildman–Crippen LogP) is 2.50. The van der Waals surface area contributed by atoms with E-state index in [0.29, 0.717) is 10.2 Å². The lowest BCUT2D eigenvalue weighted by Gasteiger charge is -2.20. The topological polar surface area (TPSA) is 63.0 Å². The minimum Gasteiger partial charge on any atom is -0.465 e.